The van der Waals surface area contributed by atoms with E-state index in [2.05, 4.69) is 20.8 Å². The third kappa shape index (κ3) is 4.39. The molecule has 34 heavy (non-hydrogen) atoms. The quantitative estimate of drug-likeness (QED) is 0.501. The number of carbonyl (C=O) groups excluding carboxylic acids is 2. The summed E-state index contributed by atoms with van der Waals surface area (Å²) in [6.45, 7) is 10.1. The van der Waals surface area contributed by atoms with Crippen molar-refractivity contribution in [1.82, 2.24) is 0 Å². The Morgan fingerprint density at radius 1 is 0.853 bits per heavy atom. The molecule has 0 aromatic carbocycles. The molecule has 0 saturated heterocycles. The predicted molar refractivity (Wildman–Crippen MR) is 128 cm³/mol. The van der Waals surface area contributed by atoms with Gasteiger partial charge in [0.2, 0.25) is 0 Å². The van der Waals surface area contributed by atoms with Gasteiger partial charge in [0.05, 0.1) is 0 Å². The zero-order chi connectivity index (χ0) is 24.8. The standard InChI is InChI=1S/C28H44O6/c1-16(6-11-25(31)32)20-9-10-21-19-7-8-23-26(34-18(3)30)24(33-17(2)29)13-15-28(23,5)22(19)12-14-27(20,21)4/h16,19-24,26H,6-15H2,1-5H3,(H,31,32)/t16-,19+,20-,21+,22+,23+,24+,26-,27-,28-/m1/s1. The van der Waals surface area contributed by atoms with E-state index in [4.69, 9.17) is 9.47 Å². The number of carboxylic acid groups (broad SMARTS) is 1. The van der Waals surface area contributed by atoms with Crippen LogP contribution in [0.25, 0.3) is 0 Å². The monoisotopic (exact) mass is 476 g/mol. The molecule has 10 atom stereocenters. The number of hydrogen-bond acceptors (Lipinski definition) is 5. The van der Waals surface area contributed by atoms with Crippen molar-refractivity contribution < 1.29 is 29.0 Å². The number of ether oxygens (including phenoxy) is 2. The first-order valence-electron chi connectivity index (χ1n) is 13.5. The van der Waals surface area contributed by atoms with Gasteiger partial charge in [-0.05, 0) is 98.2 Å². The van der Waals surface area contributed by atoms with Gasteiger partial charge in [-0.3, -0.25) is 14.4 Å². The molecule has 4 rings (SSSR count). The zero-order valence-corrected chi connectivity index (χ0v) is 21.7. The summed E-state index contributed by atoms with van der Waals surface area (Å²) >= 11 is 0. The van der Waals surface area contributed by atoms with Crippen LogP contribution < -0.4 is 0 Å². The van der Waals surface area contributed by atoms with E-state index in [0.717, 1.165) is 32.1 Å². The largest absolute Gasteiger partial charge is 0.481 e. The molecule has 4 aliphatic carbocycles. The number of hydrogen-bond donors (Lipinski definition) is 1. The Hall–Kier alpha value is -1.59. The van der Waals surface area contributed by atoms with Gasteiger partial charge in [-0.25, -0.2) is 0 Å². The summed E-state index contributed by atoms with van der Waals surface area (Å²) in [7, 11) is 0. The Morgan fingerprint density at radius 2 is 1.47 bits per heavy atom. The lowest BCUT2D eigenvalue weighted by Crippen LogP contribution is -2.59. The molecule has 0 aromatic rings. The normalized spacial score (nSPS) is 44.2. The Morgan fingerprint density at radius 3 is 2.12 bits per heavy atom. The summed E-state index contributed by atoms with van der Waals surface area (Å²) in [4.78, 5) is 34.9. The number of carboxylic acids is 1. The smallest absolute Gasteiger partial charge is 0.303 e. The second-order valence-electron chi connectivity index (χ2n) is 12.5. The molecule has 0 amide bonds. The van der Waals surface area contributed by atoms with Crippen molar-refractivity contribution in [3.05, 3.63) is 0 Å². The van der Waals surface area contributed by atoms with Crippen LogP contribution in [0.2, 0.25) is 0 Å². The third-order valence-electron chi connectivity index (χ3n) is 10.9. The molecular weight excluding hydrogens is 432 g/mol. The third-order valence-corrected chi connectivity index (χ3v) is 10.9. The molecule has 0 radical (unpaired) electrons. The average molecular weight is 477 g/mol. The van der Waals surface area contributed by atoms with Crippen LogP contribution in [0, 0.1) is 46.3 Å². The van der Waals surface area contributed by atoms with Crippen LogP contribution in [-0.2, 0) is 23.9 Å². The molecule has 4 saturated carbocycles. The molecule has 6 nitrogen and oxygen atoms in total. The number of aliphatic carboxylic acids is 1. The van der Waals surface area contributed by atoms with Crippen molar-refractivity contribution in [2.75, 3.05) is 0 Å². The van der Waals surface area contributed by atoms with Crippen molar-refractivity contribution >= 4 is 17.9 Å². The minimum Gasteiger partial charge on any atom is -0.481 e. The van der Waals surface area contributed by atoms with E-state index >= 15 is 0 Å². The molecule has 0 aliphatic heterocycles. The molecule has 4 fully saturated rings. The lowest BCUT2D eigenvalue weighted by atomic mass is 9.44. The van der Waals surface area contributed by atoms with E-state index in [9.17, 15) is 19.5 Å². The SMILES string of the molecule is CC(=O)O[C@H]1[C@@H](OC(C)=O)CC[C@]2(C)[C@H]3CC[C@]4(C)[C@@H]([C@H](C)CCC(=O)O)CC[C@H]4[C@@H]3CC[C@@H]12. The minimum atomic E-state index is -0.687. The highest BCUT2D eigenvalue weighted by atomic mass is 16.6. The highest BCUT2D eigenvalue weighted by Crippen LogP contribution is 2.68. The first-order chi connectivity index (χ1) is 16.0. The van der Waals surface area contributed by atoms with Crippen LogP contribution in [0.1, 0.15) is 98.8 Å². The van der Waals surface area contributed by atoms with Crippen molar-refractivity contribution in [2.24, 2.45) is 46.3 Å². The minimum absolute atomic E-state index is 0.0913. The van der Waals surface area contributed by atoms with E-state index in [0.29, 0.717) is 35.0 Å². The number of carbonyl (C=O) groups is 3. The van der Waals surface area contributed by atoms with Gasteiger partial charge in [0.25, 0.3) is 0 Å². The van der Waals surface area contributed by atoms with Gasteiger partial charge in [0.15, 0.2) is 0 Å². The van der Waals surface area contributed by atoms with E-state index in [1.54, 1.807) is 0 Å². The maximum Gasteiger partial charge on any atom is 0.303 e. The van der Waals surface area contributed by atoms with Gasteiger partial charge in [-0.15, -0.1) is 0 Å². The first kappa shape index (κ1) is 25.5. The van der Waals surface area contributed by atoms with Crippen molar-refractivity contribution in [1.29, 1.82) is 0 Å². The maximum absolute atomic E-state index is 12.0. The summed E-state index contributed by atoms with van der Waals surface area (Å²) in [5.41, 5.74) is 0.389. The van der Waals surface area contributed by atoms with E-state index in [-0.39, 0.29) is 41.9 Å². The van der Waals surface area contributed by atoms with Gasteiger partial charge in [0.1, 0.15) is 12.2 Å². The fraction of sp³-hybridized carbons (Fsp3) is 0.893. The molecule has 0 heterocycles. The maximum atomic E-state index is 12.0. The van der Waals surface area contributed by atoms with Crippen LogP contribution in [0.15, 0.2) is 0 Å². The molecular formula is C28H44O6. The van der Waals surface area contributed by atoms with Gasteiger partial charge in [-0.1, -0.05) is 20.8 Å². The molecule has 192 valence electrons. The summed E-state index contributed by atoms with van der Waals surface area (Å²) in [5, 5.41) is 9.18. The molecule has 0 spiro atoms. The highest BCUT2D eigenvalue weighted by molar-refractivity contribution is 5.67. The Kier molecular flexibility index (Phi) is 7.10. The zero-order valence-electron chi connectivity index (χ0n) is 21.7. The number of fused-ring (bicyclic) bond motifs is 5. The molecule has 4 aliphatic rings. The molecule has 0 aromatic heterocycles. The summed E-state index contributed by atoms with van der Waals surface area (Å²) in [6.07, 6.45) is 9.15. The predicted octanol–water partition coefficient (Wildman–Crippen LogP) is 5.62. The van der Waals surface area contributed by atoms with E-state index in [1.807, 2.05) is 0 Å². The number of rotatable bonds is 6. The fourth-order valence-electron chi connectivity index (χ4n) is 9.49. The number of esters is 2. The summed E-state index contributed by atoms with van der Waals surface area (Å²) < 4.78 is 11.5. The average Bonchev–Trinajstić information content (AvgIpc) is 3.10. The molecule has 0 unspecified atom stereocenters. The topological polar surface area (TPSA) is 89.9 Å². The lowest BCUT2D eigenvalue weighted by molar-refractivity contribution is -0.205. The molecule has 6 heteroatoms. The van der Waals surface area contributed by atoms with Crippen molar-refractivity contribution in [3.8, 4) is 0 Å². The van der Waals surface area contributed by atoms with Gasteiger partial charge >= 0.3 is 17.9 Å². The summed E-state index contributed by atoms with van der Waals surface area (Å²) in [5.74, 6) is 1.98. The van der Waals surface area contributed by atoms with Crippen molar-refractivity contribution in [2.45, 2.75) is 111 Å². The Balaban J connectivity index is 1.54. The lowest BCUT2D eigenvalue weighted by Gasteiger charge is -2.62. The van der Waals surface area contributed by atoms with Crippen LogP contribution in [-0.4, -0.2) is 35.2 Å². The van der Waals surface area contributed by atoms with Crippen LogP contribution in [0.5, 0.6) is 0 Å². The second-order valence-corrected chi connectivity index (χ2v) is 12.5. The van der Waals surface area contributed by atoms with Crippen LogP contribution >= 0.6 is 0 Å². The molecule has 1 N–H and O–H groups in total. The first-order valence-corrected chi connectivity index (χ1v) is 13.5. The van der Waals surface area contributed by atoms with E-state index < -0.39 is 5.97 Å². The van der Waals surface area contributed by atoms with Gasteiger partial charge in [0, 0.05) is 26.2 Å². The van der Waals surface area contributed by atoms with Crippen LogP contribution in [0.3, 0.4) is 0 Å². The molecule has 0 bridgehead atoms. The highest BCUT2D eigenvalue weighted by Gasteiger charge is 2.63. The van der Waals surface area contributed by atoms with Crippen molar-refractivity contribution in [3.63, 3.8) is 0 Å². The fourth-order valence-corrected chi connectivity index (χ4v) is 9.49. The van der Waals surface area contributed by atoms with Gasteiger partial charge in [-0.2, -0.15) is 0 Å². The second kappa shape index (κ2) is 9.46. The van der Waals surface area contributed by atoms with E-state index in [1.165, 1.54) is 39.5 Å². The Bertz CT molecular complexity index is 809. The Labute approximate surface area is 204 Å². The van der Waals surface area contributed by atoms with Crippen LogP contribution in [0.4, 0.5) is 0 Å². The van der Waals surface area contributed by atoms with Gasteiger partial charge < -0.3 is 14.6 Å². The summed E-state index contributed by atoms with van der Waals surface area (Å²) in [6, 6.07) is 0.